The van der Waals surface area contributed by atoms with Crippen molar-refractivity contribution in [3.63, 3.8) is 0 Å². The first-order chi connectivity index (χ1) is 21.3. The van der Waals surface area contributed by atoms with Crippen LogP contribution in [-0.4, -0.2) is 50.6 Å². The molecule has 0 atom stereocenters. The summed E-state index contributed by atoms with van der Waals surface area (Å²) in [6, 6.07) is 20.0. The number of hydrogen-bond donors (Lipinski definition) is 3. The lowest BCUT2D eigenvalue weighted by atomic mass is 9.89. The van der Waals surface area contributed by atoms with Gasteiger partial charge in [-0.25, -0.2) is 9.59 Å². The van der Waals surface area contributed by atoms with Crippen LogP contribution in [0.4, 0.5) is 16.2 Å². The maximum atomic E-state index is 13.6. The second-order valence-corrected chi connectivity index (χ2v) is 11.0. The Morgan fingerprint density at radius 2 is 1.68 bits per heavy atom. The monoisotopic (exact) mass is 620 g/mol. The maximum absolute atomic E-state index is 13.6. The third kappa shape index (κ3) is 9.74. The number of carbonyl (C=O) groups excluding carboxylic acids is 4. The Hall–Kier alpha value is -4.57. The van der Waals surface area contributed by atoms with Crippen LogP contribution in [-0.2, 0) is 20.9 Å². The van der Waals surface area contributed by atoms with Gasteiger partial charge in [-0.3, -0.25) is 9.59 Å². The van der Waals surface area contributed by atoms with Gasteiger partial charge in [0.1, 0.15) is 5.75 Å². The minimum atomic E-state index is -0.598. The molecule has 0 aliphatic heterocycles. The van der Waals surface area contributed by atoms with Crippen molar-refractivity contribution < 1.29 is 28.7 Å². The Bertz CT molecular complexity index is 1460. The van der Waals surface area contributed by atoms with Crippen LogP contribution >= 0.6 is 11.6 Å². The standard InChI is InChI=1S/C33H37ClN4O6/c1-43-32(41)25-12-8-14-27(18-25)37-33(42)36-20-31(40)38(21-23-9-3-2-4-10-23)28-15-5-6-16-29(28)44-22-30(39)35-19-24-11-7-13-26(34)17-24/h5-8,11-18,23H,2-4,9-10,19-22H2,1H3,(H,35,39)(H2,36,37,42). The smallest absolute Gasteiger partial charge is 0.337 e. The molecule has 44 heavy (non-hydrogen) atoms. The first-order valence-corrected chi connectivity index (χ1v) is 15.0. The lowest BCUT2D eigenvalue weighted by Crippen LogP contribution is -2.44. The molecule has 1 fully saturated rings. The lowest BCUT2D eigenvalue weighted by molar-refractivity contribution is -0.123. The number of hydrogen-bond acceptors (Lipinski definition) is 6. The first kappa shape index (κ1) is 32.3. The van der Waals surface area contributed by atoms with Gasteiger partial charge >= 0.3 is 12.0 Å². The molecule has 0 saturated heterocycles. The Morgan fingerprint density at radius 3 is 2.45 bits per heavy atom. The number of amides is 4. The Balaban J connectivity index is 1.41. The van der Waals surface area contributed by atoms with Gasteiger partial charge in [-0.1, -0.05) is 61.2 Å². The van der Waals surface area contributed by atoms with Crippen LogP contribution in [0, 0.1) is 5.92 Å². The number of esters is 1. The lowest BCUT2D eigenvalue weighted by Gasteiger charge is -2.31. The molecule has 1 aliphatic rings. The molecule has 0 radical (unpaired) electrons. The number of rotatable bonds is 12. The van der Waals surface area contributed by atoms with Gasteiger partial charge in [-0.2, -0.15) is 0 Å². The predicted octanol–water partition coefficient (Wildman–Crippen LogP) is 5.56. The van der Waals surface area contributed by atoms with Crippen molar-refractivity contribution in [2.45, 2.75) is 38.6 Å². The number of carbonyl (C=O) groups is 4. The number of urea groups is 1. The number of methoxy groups -OCH3 is 1. The molecule has 0 spiro atoms. The minimum Gasteiger partial charge on any atom is -0.482 e. The van der Waals surface area contributed by atoms with Gasteiger partial charge < -0.3 is 30.3 Å². The van der Waals surface area contributed by atoms with E-state index in [1.807, 2.05) is 12.1 Å². The van der Waals surface area contributed by atoms with Crippen LogP contribution in [0.1, 0.15) is 48.0 Å². The van der Waals surface area contributed by atoms with Gasteiger partial charge in [-0.15, -0.1) is 0 Å². The summed E-state index contributed by atoms with van der Waals surface area (Å²) < 4.78 is 10.6. The van der Waals surface area contributed by atoms with Gasteiger partial charge in [0.2, 0.25) is 5.91 Å². The molecule has 4 rings (SSSR count). The first-order valence-electron chi connectivity index (χ1n) is 14.6. The molecular formula is C33H37ClN4O6. The van der Waals surface area contributed by atoms with Crippen LogP contribution in [0.15, 0.2) is 72.8 Å². The van der Waals surface area contributed by atoms with Gasteiger partial charge in [0.25, 0.3) is 5.91 Å². The van der Waals surface area contributed by atoms with Crippen molar-refractivity contribution >= 4 is 46.8 Å². The molecule has 0 heterocycles. The van der Waals surface area contributed by atoms with Gasteiger partial charge in [0.15, 0.2) is 6.61 Å². The highest BCUT2D eigenvalue weighted by atomic mass is 35.5. The number of anilines is 2. The van der Waals surface area contributed by atoms with E-state index in [4.69, 9.17) is 21.1 Å². The summed E-state index contributed by atoms with van der Waals surface area (Å²) in [6.45, 7) is 0.250. The zero-order valence-electron chi connectivity index (χ0n) is 24.6. The zero-order valence-corrected chi connectivity index (χ0v) is 25.4. The van der Waals surface area contributed by atoms with E-state index in [1.165, 1.54) is 19.6 Å². The highest BCUT2D eigenvalue weighted by Gasteiger charge is 2.25. The molecule has 0 bridgehead atoms. The fraction of sp³-hybridized carbons (Fsp3) is 0.333. The van der Waals surface area contributed by atoms with Crippen LogP contribution in [0.25, 0.3) is 0 Å². The number of halogens is 1. The molecule has 11 heteroatoms. The van der Waals surface area contributed by atoms with E-state index >= 15 is 0 Å². The Kier molecular flexibility index (Phi) is 12.0. The molecular weight excluding hydrogens is 584 g/mol. The molecule has 0 aromatic heterocycles. The fourth-order valence-corrected chi connectivity index (χ4v) is 5.29. The molecule has 3 N–H and O–H groups in total. The molecule has 232 valence electrons. The number of para-hydroxylation sites is 2. The quantitative estimate of drug-likeness (QED) is 0.228. The molecule has 3 aromatic carbocycles. The summed E-state index contributed by atoms with van der Waals surface area (Å²) >= 11 is 6.03. The Morgan fingerprint density at radius 1 is 0.909 bits per heavy atom. The predicted molar refractivity (Wildman–Crippen MR) is 169 cm³/mol. The van der Waals surface area contributed by atoms with Crippen LogP contribution in [0.5, 0.6) is 5.75 Å². The third-order valence-electron chi connectivity index (χ3n) is 7.30. The summed E-state index contributed by atoms with van der Waals surface area (Å²) in [5.74, 6) is -0.479. The van der Waals surface area contributed by atoms with E-state index in [1.54, 1.807) is 59.5 Å². The van der Waals surface area contributed by atoms with Crippen molar-refractivity contribution in [2.24, 2.45) is 5.92 Å². The highest BCUT2D eigenvalue weighted by Crippen LogP contribution is 2.32. The molecule has 1 aliphatic carbocycles. The molecule has 4 amide bonds. The zero-order chi connectivity index (χ0) is 31.3. The van der Waals surface area contributed by atoms with Crippen molar-refractivity contribution in [1.82, 2.24) is 10.6 Å². The van der Waals surface area contributed by atoms with Crippen molar-refractivity contribution in [1.29, 1.82) is 0 Å². The second-order valence-electron chi connectivity index (χ2n) is 10.6. The van der Waals surface area contributed by atoms with Gasteiger partial charge in [0.05, 0.1) is 24.9 Å². The largest absolute Gasteiger partial charge is 0.482 e. The van der Waals surface area contributed by atoms with E-state index in [-0.39, 0.29) is 30.5 Å². The van der Waals surface area contributed by atoms with Crippen molar-refractivity contribution in [3.8, 4) is 5.75 Å². The van der Waals surface area contributed by atoms with Crippen LogP contribution in [0.3, 0.4) is 0 Å². The van der Waals surface area contributed by atoms with Crippen molar-refractivity contribution in [2.75, 3.05) is 37.0 Å². The summed E-state index contributed by atoms with van der Waals surface area (Å²) in [4.78, 5) is 52.3. The van der Waals surface area contributed by atoms with E-state index in [0.717, 1.165) is 31.2 Å². The van der Waals surface area contributed by atoms with Crippen LogP contribution < -0.4 is 25.6 Å². The normalized spacial score (nSPS) is 13.0. The van der Waals surface area contributed by atoms with Gasteiger partial charge in [0, 0.05) is 23.8 Å². The average Bonchev–Trinajstić information content (AvgIpc) is 3.04. The van der Waals surface area contributed by atoms with E-state index in [0.29, 0.717) is 41.2 Å². The number of benzene rings is 3. The summed E-state index contributed by atoms with van der Waals surface area (Å²) in [7, 11) is 1.28. The summed E-state index contributed by atoms with van der Waals surface area (Å²) in [5, 5.41) is 8.66. The minimum absolute atomic E-state index is 0.242. The van der Waals surface area contributed by atoms with Crippen molar-refractivity contribution in [3.05, 3.63) is 88.9 Å². The summed E-state index contributed by atoms with van der Waals surface area (Å²) in [5.41, 5.74) is 2.06. The average molecular weight is 621 g/mol. The van der Waals surface area contributed by atoms with Crippen LogP contribution in [0.2, 0.25) is 5.02 Å². The van der Waals surface area contributed by atoms with E-state index in [9.17, 15) is 19.2 Å². The third-order valence-corrected chi connectivity index (χ3v) is 7.54. The Labute approximate surface area is 262 Å². The van der Waals surface area contributed by atoms with E-state index < -0.39 is 12.0 Å². The second kappa shape index (κ2) is 16.3. The SMILES string of the molecule is COC(=O)c1cccc(NC(=O)NCC(=O)N(CC2CCCCC2)c2ccccc2OCC(=O)NCc2cccc(Cl)c2)c1. The molecule has 0 unspecified atom stereocenters. The fourth-order valence-electron chi connectivity index (χ4n) is 5.07. The molecule has 3 aromatic rings. The molecule has 1 saturated carbocycles. The number of nitrogens with zero attached hydrogens (tertiary/aromatic N) is 1. The molecule has 10 nitrogen and oxygen atoms in total. The number of ether oxygens (including phenoxy) is 2. The van der Waals surface area contributed by atoms with Gasteiger partial charge in [-0.05, 0) is 66.8 Å². The number of nitrogens with one attached hydrogen (secondary N) is 3. The summed E-state index contributed by atoms with van der Waals surface area (Å²) in [6.07, 6.45) is 5.38. The topological polar surface area (TPSA) is 126 Å². The van der Waals surface area contributed by atoms with E-state index in [2.05, 4.69) is 16.0 Å². The highest BCUT2D eigenvalue weighted by molar-refractivity contribution is 6.30. The maximum Gasteiger partial charge on any atom is 0.337 e.